The molecule has 1 fully saturated rings. The lowest BCUT2D eigenvalue weighted by Crippen LogP contribution is -2.35. The molecule has 90 valence electrons. The summed E-state index contributed by atoms with van der Waals surface area (Å²) >= 11 is 1.88. The molecule has 1 aliphatic rings. The van der Waals surface area contributed by atoms with E-state index in [2.05, 4.69) is 37.5 Å². The second-order valence-corrected chi connectivity index (χ2v) is 6.52. The lowest BCUT2D eigenvalue weighted by molar-refractivity contribution is 0.238. The molecule has 1 nitrogen and oxygen atoms in total. The van der Waals surface area contributed by atoms with Gasteiger partial charge in [-0.3, -0.25) is 0 Å². The summed E-state index contributed by atoms with van der Waals surface area (Å²) in [5.41, 5.74) is 1.44. The predicted octanol–water partition coefficient (Wildman–Crippen LogP) is 3.97. The molecule has 0 aromatic carbocycles. The summed E-state index contributed by atoms with van der Waals surface area (Å²) in [5.74, 6) is 1.79. The molecule has 2 heteroatoms. The highest BCUT2D eigenvalue weighted by molar-refractivity contribution is 7.10. The van der Waals surface area contributed by atoms with Crippen molar-refractivity contribution in [1.29, 1.82) is 0 Å². The molecule has 1 aliphatic carbocycles. The Bertz CT molecular complexity index is 321. The minimum absolute atomic E-state index is 0.736. The second-order valence-electron chi connectivity index (χ2n) is 5.52. The molecule has 0 aliphatic heterocycles. The fraction of sp³-hybridized carbons (Fsp3) is 0.714. The zero-order valence-corrected chi connectivity index (χ0v) is 11.4. The molecule has 1 N–H and O–H groups in total. The number of hydrogen-bond donors (Lipinski definition) is 1. The minimum Gasteiger partial charge on any atom is -0.309 e. The number of aryl methyl sites for hydroxylation is 1. The summed E-state index contributed by atoms with van der Waals surface area (Å²) in [6.45, 7) is 8.05. The van der Waals surface area contributed by atoms with E-state index in [0.717, 1.165) is 24.4 Å². The summed E-state index contributed by atoms with van der Waals surface area (Å²) in [4.78, 5) is 1.51. The Hall–Kier alpha value is -0.340. The third kappa shape index (κ3) is 3.08. The normalized spacial score (nSPS) is 30.6. The number of nitrogens with one attached hydrogen (secondary N) is 1. The Morgan fingerprint density at radius 3 is 2.50 bits per heavy atom. The van der Waals surface area contributed by atoms with Crippen LogP contribution in [0, 0.1) is 18.8 Å². The molecule has 1 saturated carbocycles. The average molecular weight is 237 g/mol. The smallest absolute Gasteiger partial charge is 0.0304 e. The summed E-state index contributed by atoms with van der Waals surface area (Å²) in [7, 11) is 0. The molecule has 1 aromatic rings. The van der Waals surface area contributed by atoms with E-state index in [-0.39, 0.29) is 0 Å². The number of thiophene rings is 1. The number of hydrogen-bond acceptors (Lipinski definition) is 2. The first kappa shape index (κ1) is 12.1. The van der Waals surface area contributed by atoms with Gasteiger partial charge in [-0.25, -0.2) is 0 Å². The van der Waals surface area contributed by atoms with Crippen molar-refractivity contribution in [3.8, 4) is 0 Å². The van der Waals surface area contributed by atoms with Crippen LogP contribution in [0.5, 0.6) is 0 Å². The second kappa shape index (κ2) is 5.33. The molecule has 0 amide bonds. The van der Waals surface area contributed by atoms with Crippen LogP contribution in [0.25, 0.3) is 0 Å². The standard InChI is InChI=1S/C14H23NS/c1-10-6-11(2)8-13(7-10)15-9-14-12(3)4-5-16-14/h4-5,10-11,13,15H,6-9H2,1-3H3. The molecule has 0 radical (unpaired) electrons. The monoisotopic (exact) mass is 237 g/mol. The van der Waals surface area contributed by atoms with Crippen molar-refractivity contribution >= 4 is 11.3 Å². The first-order valence-corrected chi connectivity index (χ1v) is 7.29. The van der Waals surface area contributed by atoms with Gasteiger partial charge in [0.25, 0.3) is 0 Å². The van der Waals surface area contributed by atoms with Crippen molar-refractivity contribution in [1.82, 2.24) is 5.32 Å². The van der Waals surface area contributed by atoms with Gasteiger partial charge in [0, 0.05) is 17.5 Å². The van der Waals surface area contributed by atoms with Crippen molar-refractivity contribution in [3.63, 3.8) is 0 Å². The molecule has 2 atom stereocenters. The Morgan fingerprint density at radius 2 is 1.94 bits per heavy atom. The fourth-order valence-electron chi connectivity index (χ4n) is 2.94. The highest BCUT2D eigenvalue weighted by Gasteiger charge is 2.23. The van der Waals surface area contributed by atoms with E-state index >= 15 is 0 Å². The van der Waals surface area contributed by atoms with Crippen LogP contribution in [-0.4, -0.2) is 6.04 Å². The Kier molecular flexibility index (Phi) is 4.04. The van der Waals surface area contributed by atoms with Crippen LogP contribution in [-0.2, 0) is 6.54 Å². The van der Waals surface area contributed by atoms with Crippen LogP contribution in [0.15, 0.2) is 11.4 Å². The van der Waals surface area contributed by atoms with Gasteiger partial charge in [0.2, 0.25) is 0 Å². The van der Waals surface area contributed by atoms with Gasteiger partial charge in [-0.15, -0.1) is 11.3 Å². The maximum Gasteiger partial charge on any atom is 0.0304 e. The Balaban J connectivity index is 1.84. The van der Waals surface area contributed by atoms with Gasteiger partial charge in [-0.1, -0.05) is 13.8 Å². The van der Waals surface area contributed by atoms with E-state index in [1.807, 2.05) is 11.3 Å². The van der Waals surface area contributed by atoms with E-state index < -0.39 is 0 Å². The largest absolute Gasteiger partial charge is 0.309 e. The highest BCUT2D eigenvalue weighted by Crippen LogP contribution is 2.29. The van der Waals surface area contributed by atoms with Gasteiger partial charge in [-0.05, 0) is 55.0 Å². The molecule has 0 saturated heterocycles. The van der Waals surface area contributed by atoms with Crippen LogP contribution in [0.4, 0.5) is 0 Å². The van der Waals surface area contributed by atoms with Gasteiger partial charge in [0.1, 0.15) is 0 Å². The summed E-state index contributed by atoms with van der Waals surface area (Å²) in [5, 5.41) is 5.93. The molecule has 2 unspecified atom stereocenters. The van der Waals surface area contributed by atoms with Gasteiger partial charge in [0.05, 0.1) is 0 Å². The molecular formula is C14H23NS. The van der Waals surface area contributed by atoms with Gasteiger partial charge >= 0.3 is 0 Å². The topological polar surface area (TPSA) is 12.0 Å². The summed E-state index contributed by atoms with van der Waals surface area (Å²) < 4.78 is 0. The third-order valence-electron chi connectivity index (χ3n) is 3.70. The van der Waals surface area contributed by atoms with Crippen molar-refractivity contribution in [2.45, 2.75) is 52.6 Å². The number of rotatable bonds is 3. The maximum atomic E-state index is 3.74. The van der Waals surface area contributed by atoms with E-state index in [1.165, 1.54) is 29.7 Å². The molecule has 16 heavy (non-hydrogen) atoms. The van der Waals surface area contributed by atoms with Gasteiger partial charge in [0.15, 0.2) is 0 Å². The molecular weight excluding hydrogens is 214 g/mol. The lowest BCUT2D eigenvalue weighted by atomic mass is 9.80. The van der Waals surface area contributed by atoms with Crippen LogP contribution < -0.4 is 5.32 Å². The van der Waals surface area contributed by atoms with Crippen molar-refractivity contribution < 1.29 is 0 Å². The fourth-order valence-corrected chi connectivity index (χ4v) is 3.79. The van der Waals surface area contributed by atoms with E-state index in [9.17, 15) is 0 Å². The van der Waals surface area contributed by atoms with E-state index in [0.29, 0.717) is 0 Å². The lowest BCUT2D eigenvalue weighted by Gasteiger charge is -2.32. The van der Waals surface area contributed by atoms with Crippen LogP contribution >= 0.6 is 11.3 Å². The predicted molar refractivity (Wildman–Crippen MR) is 71.9 cm³/mol. The van der Waals surface area contributed by atoms with E-state index in [1.54, 1.807) is 0 Å². The first-order valence-electron chi connectivity index (χ1n) is 6.41. The quantitative estimate of drug-likeness (QED) is 0.838. The van der Waals surface area contributed by atoms with Crippen LogP contribution in [0.1, 0.15) is 43.6 Å². The van der Waals surface area contributed by atoms with Gasteiger partial charge in [-0.2, -0.15) is 0 Å². The van der Waals surface area contributed by atoms with Crippen LogP contribution in [0.3, 0.4) is 0 Å². The summed E-state index contributed by atoms with van der Waals surface area (Å²) in [6, 6.07) is 2.95. The zero-order chi connectivity index (χ0) is 11.5. The highest BCUT2D eigenvalue weighted by atomic mass is 32.1. The Labute approximate surface area is 103 Å². The first-order chi connectivity index (χ1) is 7.65. The molecule has 1 aromatic heterocycles. The average Bonchev–Trinajstić information content (AvgIpc) is 2.59. The molecule has 0 spiro atoms. The van der Waals surface area contributed by atoms with E-state index in [4.69, 9.17) is 0 Å². The van der Waals surface area contributed by atoms with Crippen molar-refractivity contribution in [2.75, 3.05) is 0 Å². The van der Waals surface area contributed by atoms with Crippen molar-refractivity contribution in [3.05, 3.63) is 21.9 Å². The van der Waals surface area contributed by atoms with Crippen LogP contribution in [0.2, 0.25) is 0 Å². The summed E-state index contributed by atoms with van der Waals surface area (Å²) in [6.07, 6.45) is 4.12. The maximum absolute atomic E-state index is 3.74. The molecule has 0 bridgehead atoms. The third-order valence-corrected chi connectivity index (χ3v) is 4.72. The van der Waals surface area contributed by atoms with Crippen molar-refractivity contribution in [2.24, 2.45) is 11.8 Å². The SMILES string of the molecule is Cc1ccsc1CNC1CC(C)CC(C)C1. The molecule has 2 rings (SSSR count). The zero-order valence-electron chi connectivity index (χ0n) is 10.6. The minimum atomic E-state index is 0.736. The molecule has 1 heterocycles. The Morgan fingerprint density at radius 1 is 1.25 bits per heavy atom. The van der Waals surface area contributed by atoms with Gasteiger partial charge < -0.3 is 5.32 Å².